The van der Waals surface area contributed by atoms with E-state index in [0.717, 1.165) is 23.4 Å². The first kappa shape index (κ1) is 25.1. The highest BCUT2D eigenvalue weighted by molar-refractivity contribution is 6.04. The van der Waals surface area contributed by atoms with Crippen molar-refractivity contribution < 1.29 is 4.79 Å². The minimum Gasteiger partial charge on any atom is -0.312 e. The van der Waals surface area contributed by atoms with Crippen LogP contribution in [0.4, 0.5) is 5.69 Å². The summed E-state index contributed by atoms with van der Waals surface area (Å²) < 4.78 is 0. The van der Waals surface area contributed by atoms with Crippen molar-refractivity contribution in [2.75, 3.05) is 11.9 Å². The first-order chi connectivity index (χ1) is 15.5. The van der Waals surface area contributed by atoms with Gasteiger partial charge < -0.3 is 4.90 Å². The molecule has 0 spiro atoms. The number of anilines is 1. The first-order valence-corrected chi connectivity index (χ1v) is 13.5. The standard InChI is InChI=1S/C30H47NO/c1-5-6-7-8-9-10-24-11-13-25(14-12-24)26-15-17-27(18-16-26)28-19-21-29(22-20-28)31(4)30(32)23(2)3/h19-22,24-27H,2,5-18H2,1,3-4H3. The third-order valence-corrected chi connectivity index (χ3v) is 8.47. The number of rotatable bonds is 10. The van der Waals surface area contributed by atoms with Gasteiger partial charge in [-0.3, -0.25) is 4.79 Å². The summed E-state index contributed by atoms with van der Waals surface area (Å²) in [5.74, 6) is 3.68. The summed E-state index contributed by atoms with van der Waals surface area (Å²) in [6, 6.07) is 8.69. The Balaban J connectivity index is 1.39. The molecule has 2 aliphatic rings. The SMILES string of the molecule is C=C(C)C(=O)N(C)c1ccc(C2CCC(C3CCC(CCCCCCC)CC3)CC2)cc1. The maximum Gasteiger partial charge on any atom is 0.253 e. The molecule has 178 valence electrons. The minimum absolute atomic E-state index is 0.00975. The lowest BCUT2D eigenvalue weighted by molar-refractivity contribution is -0.114. The molecule has 2 fully saturated rings. The van der Waals surface area contributed by atoms with Crippen molar-refractivity contribution in [1.29, 1.82) is 0 Å². The molecule has 0 aromatic heterocycles. The minimum atomic E-state index is -0.00975. The first-order valence-electron chi connectivity index (χ1n) is 13.5. The van der Waals surface area contributed by atoms with Crippen LogP contribution in [0.2, 0.25) is 0 Å². The maximum atomic E-state index is 12.2. The Kier molecular flexibility index (Phi) is 9.88. The van der Waals surface area contributed by atoms with Crippen LogP contribution in [-0.2, 0) is 4.79 Å². The van der Waals surface area contributed by atoms with E-state index in [2.05, 4.69) is 37.8 Å². The highest BCUT2D eigenvalue weighted by Crippen LogP contribution is 2.44. The average Bonchev–Trinajstić information content (AvgIpc) is 2.83. The second-order valence-corrected chi connectivity index (χ2v) is 10.8. The lowest BCUT2D eigenvalue weighted by atomic mass is 9.68. The predicted molar refractivity (Wildman–Crippen MR) is 138 cm³/mol. The summed E-state index contributed by atoms with van der Waals surface area (Å²) in [6.45, 7) is 7.85. The predicted octanol–water partition coefficient (Wildman–Crippen LogP) is 8.67. The van der Waals surface area contributed by atoms with Gasteiger partial charge in [-0.1, -0.05) is 77.0 Å². The van der Waals surface area contributed by atoms with Gasteiger partial charge in [-0.2, -0.15) is 0 Å². The number of hydrogen-bond donors (Lipinski definition) is 0. The van der Waals surface area contributed by atoms with Crippen LogP contribution in [0, 0.1) is 17.8 Å². The van der Waals surface area contributed by atoms with Crippen molar-refractivity contribution in [2.45, 2.75) is 110 Å². The third-order valence-electron chi connectivity index (χ3n) is 8.47. The van der Waals surface area contributed by atoms with Crippen molar-refractivity contribution in [3.63, 3.8) is 0 Å². The summed E-state index contributed by atoms with van der Waals surface area (Å²) in [7, 11) is 1.83. The summed E-state index contributed by atoms with van der Waals surface area (Å²) in [5.41, 5.74) is 2.99. The molecule has 0 aliphatic heterocycles. The van der Waals surface area contributed by atoms with E-state index in [4.69, 9.17) is 0 Å². The van der Waals surface area contributed by atoms with Gasteiger partial charge >= 0.3 is 0 Å². The van der Waals surface area contributed by atoms with Gasteiger partial charge in [0.05, 0.1) is 0 Å². The van der Waals surface area contributed by atoms with E-state index in [0.29, 0.717) is 11.5 Å². The van der Waals surface area contributed by atoms with Crippen LogP contribution in [0.3, 0.4) is 0 Å². The van der Waals surface area contributed by atoms with E-state index >= 15 is 0 Å². The lowest BCUT2D eigenvalue weighted by Crippen LogP contribution is -2.26. The van der Waals surface area contributed by atoms with Gasteiger partial charge in [0.25, 0.3) is 5.91 Å². The van der Waals surface area contributed by atoms with Crippen LogP contribution in [0.1, 0.15) is 115 Å². The fraction of sp³-hybridized carbons (Fsp3) is 0.700. The number of carbonyl (C=O) groups is 1. The monoisotopic (exact) mass is 437 g/mol. The van der Waals surface area contributed by atoms with Crippen LogP contribution in [-0.4, -0.2) is 13.0 Å². The number of likely N-dealkylation sites (N-methyl/N-ethyl adjacent to an activating group) is 1. The van der Waals surface area contributed by atoms with Crippen LogP contribution in [0.5, 0.6) is 0 Å². The molecule has 0 radical (unpaired) electrons. The molecule has 0 N–H and O–H groups in total. The zero-order chi connectivity index (χ0) is 22.9. The van der Waals surface area contributed by atoms with E-state index in [1.54, 1.807) is 11.8 Å². The maximum absolute atomic E-state index is 12.2. The Morgan fingerprint density at radius 1 is 0.875 bits per heavy atom. The number of unbranched alkanes of at least 4 members (excludes halogenated alkanes) is 4. The van der Waals surface area contributed by atoms with Crippen LogP contribution < -0.4 is 4.90 Å². The number of amides is 1. The third kappa shape index (κ3) is 6.96. The molecule has 3 rings (SSSR count). The molecule has 2 aliphatic carbocycles. The quantitative estimate of drug-likeness (QED) is 0.265. The molecule has 0 heterocycles. The molecule has 0 bridgehead atoms. The summed E-state index contributed by atoms with van der Waals surface area (Å²) in [4.78, 5) is 13.9. The fourth-order valence-electron chi connectivity index (χ4n) is 6.28. The van der Waals surface area contributed by atoms with E-state index in [1.807, 2.05) is 7.05 Å². The van der Waals surface area contributed by atoms with Crippen molar-refractivity contribution in [2.24, 2.45) is 17.8 Å². The van der Waals surface area contributed by atoms with Gasteiger partial charge in [-0.15, -0.1) is 0 Å². The van der Waals surface area contributed by atoms with Crippen molar-refractivity contribution in [3.8, 4) is 0 Å². The van der Waals surface area contributed by atoms with E-state index in [9.17, 15) is 4.79 Å². The molecular weight excluding hydrogens is 390 g/mol. The van der Waals surface area contributed by atoms with Gasteiger partial charge in [0.15, 0.2) is 0 Å². The van der Waals surface area contributed by atoms with Crippen LogP contribution in [0.25, 0.3) is 0 Å². The Morgan fingerprint density at radius 2 is 1.44 bits per heavy atom. The van der Waals surface area contributed by atoms with Crippen LogP contribution in [0.15, 0.2) is 36.4 Å². The van der Waals surface area contributed by atoms with Crippen molar-refractivity contribution in [1.82, 2.24) is 0 Å². The molecule has 0 atom stereocenters. The smallest absolute Gasteiger partial charge is 0.253 e. The Labute approximate surface area is 197 Å². The molecule has 0 unspecified atom stereocenters. The van der Waals surface area contributed by atoms with Gasteiger partial charge in [0.1, 0.15) is 0 Å². The van der Waals surface area contributed by atoms with Crippen LogP contribution >= 0.6 is 0 Å². The molecule has 1 aromatic rings. The molecule has 2 nitrogen and oxygen atoms in total. The average molecular weight is 438 g/mol. The van der Waals surface area contributed by atoms with Crippen molar-refractivity contribution in [3.05, 3.63) is 42.0 Å². The van der Waals surface area contributed by atoms with Gasteiger partial charge in [0.2, 0.25) is 0 Å². The molecule has 1 aromatic carbocycles. The molecule has 1 amide bonds. The Hall–Kier alpha value is -1.57. The zero-order valence-corrected chi connectivity index (χ0v) is 21.1. The normalized spacial score (nSPS) is 26.0. The van der Waals surface area contributed by atoms with E-state index in [1.165, 1.54) is 95.5 Å². The summed E-state index contributed by atoms with van der Waals surface area (Å²) in [6.07, 6.45) is 20.1. The van der Waals surface area contributed by atoms with E-state index < -0.39 is 0 Å². The molecular formula is C30H47NO. The van der Waals surface area contributed by atoms with Crippen molar-refractivity contribution >= 4 is 11.6 Å². The number of carbonyl (C=O) groups excluding carboxylic acids is 1. The highest BCUT2D eigenvalue weighted by Gasteiger charge is 2.31. The van der Waals surface area contributed by atoms with E-state index in [-0.39, 0.29) is 5.91 Å². The van der Waals surface area contributed by atoms with Gasteiger partial charge in [-0.25, -0.2) is 0 Å². The topological polar surface area (TPSA) is 20.3 Å². The molecule has 32 heavy (non-hydrogen) atoms. The second kappa shape index (κ2) is 12.6. The molecule has 2 heteroatoms. The fourth-order valence-corrected chi connectivity index (χ4v) is 6.28. The molecule has 2 saturated carbocycles. The summed E-state index contributed by atoms with van der Waals surface area (Å²) >= 11 is 0. The number of hydrogen-bond acceptors (Lipinski definition) is 1. The largest absolute Gasteiger partial charge is 0.312 e. The Bertz CT molecular complexity index is 705. The zero-order valence-electron chi connectivity index (χ0n) is 21.1. The Morgan fingerprint density at radius 3 is 2.00 bits per heavy atom. The summed E-state index contributed by atoms with van der Waals surface area (Å²) in [5, 5.41) is 0. The lowest BCUT2D eigenvalue weighted by Gasteiger charge is -2.38. The highest BCUT2D eigenvalue weighted by atomic mass is 16.2. The number of benzene rings is 1. The second-order valence-electron chi connectivity index (χ2n) is 10.8. The van der Waals surface area contributed by atoms with Gasteiger partial charge in [-0.05, 0) is 86.8 Å². The molecule has 0 saturated heterocycles. The van der Waals surface area contributed by atoms with Gasteiger partial charge in [0, 0.05) is 18.3 Å². The number of nitrogens with zero attached hydrogens (tertiary/aromatic N) is 1.